The van der Waals surface area contributed by atoms with Gasteiger partial charge in [0.25, 0.3) is 5.91 Å². The third-order valence-corrected chi connectivity index (χ3v) is 5.37. The van der Waals surface area contributed by atoms with Gasteiger partial charge in [-0.3, -0.25) is 19.2 Å². The highest BCUT2D eigenvalue weighted by Gasteiger charge is 2.35. The number of hydrogen-bond acceptors (Lipinski definition) is 6. The van der Waals surface area contributed by atoms with Crippen molar-refractivity contribution in [1.82, 2.24) is 24.7 Å². The topological polar surface area (TPSA) is 63.5 Å². The minimum Gasteiger partial charge on any atom is -0.288 e. The van der Waals surface area contributed by atoms with Crippen LogP contribution in [0.25, 0.3) is 0 Å². The van der Waals surface area contributed by atoms with Gasteiger partial charge in [0.2, 0.25) is 0 Å². The van der Waals surface area contributed by atoms with Crippen LogP contribution in [0.4, 0.5) is 0 Å². The SMILES string of the molecule is Cc1csc(CN2Cc3ccnn3C(C(=O)N3CCCCO3)C2)n1. The number of carbonyl (C=O) groups is 1. The van der Waals surface area contributed by atoms with E-state index in [0.29, 0.717) is 19.7 Å². The Morgan fingerprint density at radius 1 is 1.46 bits per heavy atom. The van der Waals surface area contributed by atoms with E-state index in [1.54, 1.807) is 17.5 Å². The normalized spacial score (nSPS) is 21.7. The number of fused-ring (bicyclic) bond motifs is 1. The Morgan fingerprint density at radius 3 is 3.12 bits per heavy atom. The predicted octanol–water partition coefficient (Wildman–Crippen LogP) is 1.76. The van der Waals surface area contributed by atoms with Gasteiger partial charge in [0.15, 0.2) is 0 Å². The molecule has 7 nitrogen and oxygen atoms in total. The first-order valence-electron chi connectivity index (χ1n) is 8.31. The van der Waals surface area contributed by atoms with Crippen molar-refractivity contribution in [2.24, 2.45) is 0 Å². The molecule has 24 heavy (non-hydrogen) atoms. The maximum Gasteiger partial charge on any atom is 0.272 e. The minimum atomic E-state index is -0.331. The first-order chi connectivity index (χ1) is 11.7. The molecule has 2 aromatic rings. The predicted molar refractivity (Wildman–Crippen MR) is 89.1 cm³/mol. The van der Waals surface area contributed by atoms with E-state index >= 15 is 0 Å². The van der Waals surface area contributed by atoms with Crippen molar-refractivity contribution in [3.05, 3.63) is 34.0 Å². The summed E-state index contributed by atoms with van der Waals surface area (Å²) in [6.07, 6.45) is 3.77. The summed E-state index contributed by atoms with van der Waals surface area (Å²) in [6, 6.07) is 1.65. The lowest BCUT2D eigenvalue weighted by Gasteiger charge is -2.36. The molecule has 0 radical (unpaired) electrons. The van der Waals surface area contributed by atoms with E-state index in [-0.39, 0.29) is 11.9 Å². The van der Waals surface area contributed by atoms with Crippen LogP contribution in [0.5, 0.6) is 0 Å². The van der Waals surface area contributed by atoms with Gasteiger partial charge >= 0.3 is 0 Å². The van der Waals surface area contributed by atoms with Gasteiger partial charge in [0.05, 0.1) is 18.8 Å². The number of hydrogen-bond donors (Lipinski definition) is 0. The third-order valence-electron chi connectivity index (χ3n) is 4.42. The van der Waals surface area contributed by atoms with Gasteiger partial charge in [0.1, 0.15) is 11.0 Å². The number of nitrogens with zero attached hydrogens (tertiary/aromatic N) is 5. The Kier molecular flexibility index (Phi) is 4.34. The lowest BCUT2D eigenvalue weighted by Crippen LogP contribution is -2.47. The van der Waals surface area contributed by atoms with Crippen molar-refractivity contribution >= 4 is 17.2 Å². The Morgan fingerprint density at radius 2 is 2.38 bits per heavy atom. The van der Waals surface area contributed by atoms with Gasteiger partial charge in [-0.25, -0.2) is 10.0 Å². The highest BCUT2D eigenvalue weighted by atomic mass is 32.1. The maximum absolute atomic E-state index is 12.9. The molecule has 0 N–H and O–H groups in total. The number of aromatic nitrogens is 3. The van der Waals surface area contributed by atoms with E-state index in [1.807, 2.05) is 17.7 Å². The maximum atomic E-state index is 12.9. The van der Waals surface area contributed by atoms with Crippen molar-refractivity contribution in [3.63, 3.8) is 0 Å². The average molecular weight is 347 g/mol. The van der Waals surface area contributed by atoms with Crippen molar-refractivity contribution in [2.75, 3.05) is 19.7 Å². The summed E-state index contributed by atoms with van der Waals surface area (Å²) < 4.78 is 1.85. The van der Waals surface area contributed by atoms with Gasteiger partial charge in [0, 0.05) is 36.9 Å². The second-order valence-electron chi connectivity index (χ2n) is 6.32. The smallest absolute Gasteiger partial charge is 0.272 e. The molecule has 1 atom stereocenters. The quantitative estimate of drug-likeness (QED) is 0.847. The van der Waals surface area contributed by atoms with E-state index in [1.165, 1.54) is 5.06 Å². The molecule has 1 amide bonds. The largest absolute Gasteiger partial charge is 0.288 e. The van der Waals surface area contributed by atoms with E-state index in [2.05, 4.69) is 20.4 Å². The molecule has 4 rings (SSSR count). The van der Waals surface area contributed by atoms with Crippen molar-refractivity contribution < 1.29 is 9.63 Å². The number of hydroxylamine groups is 2. The van der Waals surface area contributed by atoms with Gasteiger partial charge in [-0.15, -0.1) is 11.3 Å². The van der Waals surface area contributed by atoms with E-state index in [4.69, 9.17) is 4.84 Å². The molecule has 0 bridgehead atoms. The molecule has 2 aromatic heterocycles. The van der Waals surface area contributed by atoms with E-state index in [0.717, 1.165) is 42.3 Å². The van der Waals surface area contributed by atoms with Crippen LogP contribution in [-0.2, 0) is 22.7 Å². The molecule has 4 heterocycles. The van der Waals surface area contributed by atoms with Crippen LogP contribution in [0, 0.1) is 6.92 Å². The molecular weight excluding hydrogens is 326 g/mol. The zero-order valence-corrected chi connectivity index (χ0v) is 14.5. The summed E-state index contributed by atoms with van der Waals surface area (Å²) in [5.74, 6) is -0.000306. The van der Waals surface area contributed by atoms with Crippen LogP contribution < -0.4 is 0 Å². The number of amides is 1. The zero-order chi connectivity index (χ0) is 16.5. The Labute approximate surface area is 144 Å². The average Bonchev–Trinajstić information content (AvgIpc) is 3.23. The molecule has 1 saturated heterocycles. The van der Waals surface area contributed by atoms with Gasteiger partial charge < -0.3 is 0 Å². The Hall–Kier alpha value is -1.77. The lowest BCUT2D eigenvalue weighted by molar-refractivity contribution is -0.201. The van der Waals surface area contributed by atoms with Crippen molar-refractivity contribution in [2.45, 2.75) is 38.9 Å². The number of rotatable bonds is 3. The summed E-state index contributed by atoms with van der Waals surface area (Å²) in [5, 5.41) is 9.05. The molecular formula is C16H21N5O2S. The number of thiazole rings is 1. The molecule has 0 saturated carbocycles. The second-order valence-corrected chi connectivity index (χ2v) is 7.26. The van der Waals surface area contributed by atoms with Crippen LogP contribution in [0.3, 0.4) is 0 Å². The van der Waals surface area contributed by atoms with Crippen molar-refractivity contribution in [3.8, 4) is 0 Å². The Balaban J connectivity index is 1.53. The minimum absolute atomic E-state index is 0.000306. The van der Waals surface area contributed by atoms with Crippen LogP contribution >= 0.6 is 11.3 Å². The van der Waals surface area contributed by atoms with Gasteiger partial charge in [-0.2, -0.15) is 5.10 Å². The van der Waals surface area contributed by atoms with Gasteiger partial charge in [-0.05, 0) is 25.8 Å². The van der Waals surface area contributed by atoms with Crippen LogP contribution in [0.15, 0.2) is 17.6 Å². The molecule has 1 fully saturated rings. The van der Waals surface area contributed by atoms with Gasteiger partial charge in [-0.1, -0.05) is 0 Å². The molecule has 2 aliphatic rings. The summed E-state index contributed by atoms with van der Waals surface area (Å²) in [4.78, 5) is 25.3. The summed E-state index contributed by atoms with van der Waals surface area (Å²) >= 11 is 1.67. The Bertz CT molecular complexity index is 722. The van der Waals surface area contributed by atoms with Crippen LogP contribution in [0.1, 0.15) is 35.3 Å². The molecule has 0 aliphatic carbocycles. The van der Waals surface area contributed by atoms with Crippen molar-refractivity contribution in [1.29, 1.82) is 0 Å². The summed E-state index contributed by atoms with van der Waals surface area (Å²) in [7, 11) is 0. The number of aryl methyl sites for hydroxylation is 1. The highest BCUT2D eigenvalue weighted by Crippen LogP contribution is 2.25. The lowest BCUT2D eigenvalue weighted by atomic mass is 10.1. The highest BCUT2D eigenvalue weighted by molar-refractivity contribution is 7.09. The fraction of sp³-hybridized carbons (Fsp3) is 0.562. The zero-order valence-electron chi connectivity index (χ0n) is 13.7. The van der Waals surface area contributed by atoms with Crippen LogP contribution in [0.2, 0.25) is 0 Å². The van der Waals surface area contributed by atoms with E-state index in [9.17, 15) is 4.79 Å². The fourth-order valence-corrected chi connectivity index (χ4v) is 4.08. The molecule has 128 valence electrons. The summed E-state index contributed by atoms with van der Waals surface area (Å²) in [5.41, 5.74) is 2.11. The standard InChI is InChI=1S/C16H21N5O2S/c1-12-11-24-15(18-12)10-19-8-13-4-5-17-21(13)14(9-19)16(22)20-6-2-3-7-23-20/h4-5,11,14H,2-3,6-10H2,1H3. The number of carbonyl (C=O) groups excluding carboxylic acids is 1. The molecule has 8 heteroatoms. The second kappa shape index (κ2) is 6.62. The fourth-order valence-electron chi connectivity index (χ4n) is 3.27. The van der Waals surface area contributed by atoms with Crippen LogP contribution in [-0.4, -0.2) is 50.3 Å². The summed E-state index contributed by atoms with van der Waals surface area (Å²) in [6.45, 7) is 5.46. The first kappa shape index (κ1) is 15.7. The third kappa shape index (κ3) is 3.09. The molecule has 2 aliphatic heterocycles. The molecule has 0 spiro atoms. The molecule has 0 aromatic carbocycles. The molecule has 1 unspecified atom stereocenters. The first-order valence-corrected chi connectivity index (χ1v) is 9.19. The monoisotopic (exact) mass is 347 g/mol. The van der Waals surface area contributed by atoms with E-state index < -0.39 is 0 Å².